The van der Waals surface area contributed by atoms with E-state index in [9.17, 15) is 9.59 Å². The van der Waals surface area contributed by atoms with Crippen LogP contribution in [0.5, 0.6) is 11.5 Å². The van der Waals surface area contributed by atoms with E-state index in [1.165, 1.54) is 37.4 Å². The molecule has 6 heteroatoms. The van der Waals surface area contributed by atoms with Crippen molar-refractivity contribution in [2.45, 2.75) is 90.0 Å². The van der Waals surface area contributed by atoms with Crippen LogP contribution in [-0.2, 0) is 16.0 Å². The fraction of sp³-hybridized carbons (Fsp3) is 0.548. The number of nitrogens with zero attached hydrogens (tertiary/aromatic N) is 1. The lowest BCUT2D eigenvalue weighted by Gasteiger charge is -2.45. The van der Waals surface area contributed by atoms with Crippen molar-refractivity contribution in [3.63, 3.8) is 0 Å². The molecule has 1 fully saturated rings. The Bertz CT molecular complexity index is 1040. The molecule has 0 saturated carbocycles. The van der Waals surface area contributed by atoms with Crippen molar-refractivity contribution in [2.24, 2.45) is 0 Å². The van der Waals surface area contributed by atoms with Crippen LogP contribution in [-0.4, -0.2) is 37.6 Å². The number of carbonyl (C=O) groups excluding carboxylic acids is 2. The van der Waals surface area contributed by atoms with E-state index >= 15 is 0 Å². The number of hydrogen-bond donors (Lipinski definition) is 1. The molecule has 2 heterocycles. The van der Waals surface area contributed by atoms with E-state index in [2.05, 4.69) is 46.6 Å². The smallest absolute Gasteiger partial charge is 0.308 e. The summed E-state index contributed by atoms with van der Waals surface area (Å²) in [6, 6.07) is 15.2. The van der Waals surface area contributed by atoms with Crippen LogP contribution in [0, 0.1) is 0 Å². The zero-order valence-corrected chi connectivity index (χ0v) is 22.5. The van der Waals surface area contributed by atoms with E-state index in [-0.39, 0.29) is 11.9 Å². The van der Waals surface area contributed by atoms with Gasteiger partial charge in [-0.05, 0) is 75.7 Å². The number of rotatable bonds is 12. The van der Waals surface area contributed by atoms with E-state index < -0.39 is 0 Å². The summed E-state index contributed by atoms with van der Waals surface area (Å²) >= 11 is 0. The van der Waals surface area contributed by atoms with Crippen LogP contribution in [0.4, 0.5) is 5.69 Å². The molecule has 0 aromatic heterocycles. The number of ether oxygens (including phenoxy) is 2. The number of unbranched alkanes of at least 4 members (excludes halogenated alkanes) is 2. The second-order valence-electron chi connectivity index (χ2n) is 10.5. The van der Waals surface area contributed by atoms with Gasteiger partial charge in [-0.2, -0.15) is 0 Å². The molecular formula is C31H42N2O4. The van der Waals surface area contributed by atoms with Crippen molar-refractivity contribution in [1.82, 2.24) is 5.32 Å². The van der Waals surface area contributed by atoms with Gasteiger partial charge in [0.2, 0.25) is 5.91 Å². The van der Waals surface area contributed by atoms with Crippen LogP contribution < -0.4 is 19.7 Å². The molecule has 4 rings (SSSR count). The third kappa shape index (κ3) is 7.73. The molecule has 0 aliphatic carbocycles. The van der Waals surface area contributed by atoms with Crippen LogP contribution in [0.1, 0.15) is 88.7 Å². The molecule has 37 heavy (non-hydrogen) atoms. The minimum atomic E-state index is -0.307. The second kappa shape index (κ2) is 13.5. The maximum atomic E-state index is 12.1. The standard InChI is InChI=1S/C31H42N2O4/c1-23(34)32-17-11-15-26-20-27-16-8-9-18-33(27)29-21-28(22-30(31(26)29)37-24(2)35)36-19-10-4-7-14-25-12-5-3-6-13-25/h3,5-6,12-13,21-22,26-27H,4,7-11,14-20H2,1-2H3,(H,32,34). The zero-order chi connectivity index (χ0) is 26.0. The number of nitrogens with one attached hydrogen (secondary N) is 1. The topological polar surface area (TPSA) is 67.9 Å². The first-order valence-corrected chi connectivity index (χ1v) is 14.1. The van der Waals surface area contributed by atoms with Gasteiger partial charge in [-0.15, -0.1) is 0 Å². The van der Waals surface area contributed by atoms with Gasteiger partial charge in [-0.1, -0.05) is 30.3 Å². The van der Waals surface area contributed by atoms with Gasteiger partial charge in [-0.25, -0.2) is 0 Å². The van der Waals surface area contributed by atoms with Gasteiger partial charge in [0, 0.05) is 56.4 Å². The molecule has 2 aliphatic rings. The van der Waals surface area contributed by atoms with E-state index in [1.807, 2.05) is 6.07 Å². The van der Waals surface area contributed by atoms with Crippen molar-refractivity contribution in [2.75, 3.05) is 24.6 Å². The Morgan fingerprint density at radius 1 is 1.03 bits per heavy atom. The molecule has 1 amide bonds. The van der Waals surface area contributed by atoms with Crippen LogP contribution in [0.15, 0.2) is 42.5 Å². The van der Waals surface area contributed by atoms with Crippen LogP contribution in [0.2, 0.25) is 0 Å². The van der Waals surface area contributed by atoms with Crippen molar-refractivity contribution in [3.8, 4) is 11.5 Å². The molecule has 0 spiro atoms. The van der Waals surface area contributed by atoms with E-state index in [0.717, 1.165) is 62.8 Å². The molecule has 2 atom stereocenters. The van der Waals surface area contributed by atoms with Crippen molar-refractivity contribution in [1.29, 1.82) is 0 Å². The SMILES string of the molecule is CC(=O)NCCCC1CC2CCCCN2c2cc(OCCCCCc3ccccc3)cc(OC(C)=O)c21. The Hall–Kier alpha value is -3.02. The monoisotopic (exact) mass is 506 g/mol. The van der Waals surface area contributed by atoms with Gasteiger partial charge in [0.05, 0.1) is 6.61 Å². The normalized spacial score (nSPS) is 18.5. The Labute approximate surface area is 221 Å². The largest absolute Gasteiger partial charge is 0.493 e. The maximum absolute atomic E-state index is 12.1. The molecular weight excluding hydrogens is 464 g/mol. The summed E-state index contributed by atoms with van der Waals surface area (Å²) < 4.78 is 12.0. The molecule has 0 bridgehead atoms. The van der Waals surface area contributed by atoms with Crippen molar-refractivity contribution in [3.05, 3.63) is 53.6 Å². The number of hydrogen-bond acceptors (Lipinski definition) is 5. The summed E-state index contributed by atoms with van der Waals surface area (Å²) in [5, 5.41) is 2.91. The molecule has 200 valence electrons. The van der Waals surface area contributed by atoms with E-state index in [1.54, 1.807) is 6.92 Å². The highest BCUT2D eigenvalue weighted by Gasteiger charge is 2.36. The lowest BCUT2D eigenvalue weighted by atomic mass is 9.79. The minimum absolute atomic E-state index is 0.00459. The lowest BCUT2D eigenvalue weighted by molar-refractivity contribution is -0.132. The first-order valence-electron chi connectivity index (χ1n) is 14.1. The number of anilines is 1. The summed E-state index contributed by atoms with van der Waals surface area (Å²) in [5.74, 6) is 1.41. The maximum Gasteiger partial charge on any atom is 0.308 e. The average Bonchev–Trinajstić information content (AvgIpc) is 2.88. The Morgan fingerprint density at radius 3 is 2.65 bits per heavy atom. The number of piperidine rings is 1. The first kappa shape index (κ1) is 27.0. The number of aryl methyl sites for hydroxylation is 1. The summed E-state index contributed by atoms with van der Waals surface area (Å²) in [6.45, 7) is 5.36. The Balaban J connectivity index is 1.45. The fourth-order valence-electron chi connectivity index (χ4n) is 5.88. The first-order chi connectivity index (χ1) is 18.0. The zero-order valence-electron chi connectivity index (χ0n) is 22.5. The molecule has 6 nitrogen and oxygen atoms in total. The van der Waals surface area contributed by atoms with Crippen LogP contribution in [0.25, 0.3) is 0 Å². The van der Waals surface area contributed by atoms with Gasteiger partial charge in [0.1, 0.15) is 11.5 Å². The highest BCUT2D eigenvalue weighted by atomic mass is 16.5. The minimum Gasteiger partial charge on any atom is -0.493 e. The van der Waals surface area contributed by atoms with E-state index in [4.69, 9.17) is 9.47 Å². The van der Waals surface area contributed by atoms with Gasteiger partial charge in [0.15, 0.2) is 0 Å². The second-order valence-corrected chi connectivity index (χ2v) is 10.5. The highest BCUT2D eigenvalue weighted by molar-refractivity contribution is 5.74. The van der Waals surface area contributed by atoms with Crippen molar-refractivity contribution >= 4 is 17.6 Å². The Kier molecular flexibility index (Phi) is 9.86. The third-order valence-electron chi connectivity index (χ3n) is 7.57. The molecule has 1 N–H and O–H groups in total. The molecule has 2 aromatic rings. The number of benzene rings is 2. The van der Waals surface area contributed by atoms with Crippen molar-refractivity contribution < 1.29 is 19.1 Å². The van der Waals surface area contributed by atoms with Crippen LogP contribution in [0.3, 0.4) is 0 Å². The molecule has 2 aromatic carbocycles. The number of carbonyl (C=O) groups is 2. The number of esters is 1. The predicted molar refractivity (Wildman–Crippen MR) is 148 cm³/mol. The lowest BCUT2D eigenvalue weighted by Crippen LogP contribution is -2.44. The quantitative estimate of drug-likeness (QED) is 0.212. The summed E-state index contributed by atoms with van der Waals surface area (Å²) in [6.07, 6.45) is 10.9. The highest BCUT2D eigenvalue weighted by Crippen LogP contribution is 2.49. The van der Waals surface area contributed by atoms with Gasteiger partial charge in [0.25, 0.3) is 0 Å². The van der Waals surface area contributed by atoms with E-state index in [0.29, 0.717) is 30.9 Å². The third-order valence-corrected chi connectivity index (χ3v) is 7.57. The molecule has 0 radical (unpaired) electrons. The average molecular weight is 507 g/mol. The fourth-order valence-corrected chi connectivity index (χ4v) is 5.88. The molecule has 1 saturated heterocycles. The summed E-state index contributed by atoms with van der Waals surface area (Å²) in [7, 11) is 0. The molecule has 2 unspecified atom stereocenters. The summed E-state index contributed by atoms with van der Waals surface area (Å²) in [4.78, 5) is 25.9. The predicted octanol–water partition coefficient (Wildman–Crippen LogP) is 6.17. The number of fused-ring (bicyclic) bond motifs is 3. The van der Waals surface area contributed by atoms with Crippen LogP contribution >= 0.6 is 0 Å². The number of amides is 1. The van der Waals surface area contributed by atoms with Gasteiger partial charge < -0.3 is 19.7 Å². The summed E-state index contributed by atoms with van der Waals surface area (Å²) in [5.41, 5.74) is 3.68. The van der Waals surface area contributed by atoms with Gasteiger partial charge >= 0.3 is 5.97 Å². The van der Waals surface area contributed by atoms with Gasteiger partial charge in [-0.3, -0.25) is 9.59 Å². The Morgan fingerprint density at radius 2 is 1.86 bits per heavy atom. The molecule has 2 aliphatic heterocycles.